The molecular formula is C53H37NS. The van der Waals surface area contributed by atoms with Gasteiger partial charge in [0.05, 0.1) is 5.69 Å². The number of anilines is 3. The fourth-order valence-electron chi connectivity index (χ4n) is 8.97. The lowest BCUT2D eigenvalue weighted by Crippen LogP contribution is -2.16. The highest BCUT2D eigenvalue weighted by atomic mass is 32.1. The van der Waals surface area contributed by atoms with Gasteiger partial charge in [-0.05, 0) is 121 Å². The monoisotopic (exact) mass is 719 g/mol. The smallest absolute Gasteiger partial charge is 0.0543 e. The van der Waals surface area contributed by atoms with Crippen molar-refractivity contribution >= 4 is 70.1 Å². The second-order valence-electron chi connectivity index (χ2n) is 15.4. The van der Waals surface area contributed by atoms with Crippen LogP contribution >= 0.6 is 11.3 Å². The summed E-state index contributed by atoms with van der Waals surface area (Å²) in [6.07, 6.45) is 0. The van der Waals surface area contributed by atoms with Gasteiger partial charge in [-0.3, -0.25) is 0 Å². The van der Waals surface area contributed by atoms with Crippen molar-refractivity contribution in [2.45, 2.75) is 19.3 Å². The third-order valence-electron chi connectivity index (χ3n) is 11.8. The zero-order valence-corrected chi connectivity index (χ0v) is 31.6. The Labute approximate surface area is 325 Å². The molecule has 9 aromatic carbocycles. The SMILES string of the molecule is CC1(C)c2ccccc2-c2c(N(c3ccc(-c4ccc5ccccc5c4)cc3)c3ccc(-c4ccc5cc6c(cc5c4)sc4ccccc46)cc3)cccc21. The van der Waals surface area contributed by atoms with Crippen molar-refractivity contribution in [3.63, 3.8) is 0 Å². The fraction of sp³-hybridized carbons (Fsp3) is 0.0566. The third-order valence-corrected chi connectivity index (χ3v) is 13.0. The summed E-state index contributed by atoms with van der Waals surface area (Å²) >= 11 is 1.88. The van der Waals surface area contributed by atoms with Crippen LogP contribution < -0.4 is 4.90 Å². The van der Waals surface area contributed by atoms with Gasteiger partial charge in [-0.25, -0.2) is 0 Å². The topological polar surface area (TPSA) is 3.24 Å². The summed E-state index contributed by atoms with van der Waals surface area (Å²) in [6, 6.07) is 69.7. The van der Waals surface area contributed by atoms with Gasteiger partial charge in [0, 0.05) is 42.5 Å². The Hall–Kier alpha value is -6.48. The molecule has 55 heavy (non-hydrogen) atoms. The molecule has 1 heterocycles. The molecule has 0 saturated carbocycles. The van der Waals surface area contributed by atoms with Gasteiger partial charge >= 0.3 is 0 Å². The molecule has 0 radical (unpaired) electrons. The first-order chi connectivity index (χ1) is 27.0. The van der Waals surface area contributed by atoms with E-state index in [0.717, 1.165) is 11.4 Å². The van der Waals surface area contributed by atoms with E-state index in [1.807, 2.05) is 11.3 Å². The molecule has 0 aliphatic heterocycles. The molecule has 1 aliphatic rings. The van der Waals surface area contributed by atoms with E-state index in [-0.39, 0.29) is 5.41 Å². The first-order valence-electron chi connectivity index (χ1n) is 19.1. The highest BCUT2D eigenvalue weighted by Gasteiger charge is 2.37. The first kappa shape index (κ1) is 32.0. The minimum Gasteiger partial charge on any atom is -0.310 e. The lowest BCUT2D eigenvalue weighted by Gasteiger charge is -2.29. The van der Waals surface area contributed by atoms with E-state index in [1.54, 1.807) is 0 Å². The van der Waals surface area contributed by atoms with Crippen molar-refractivity contribution in [1.29, 1.82) is 0 Å². The van der Waals surface area contributed by atoms with Crippen LogP contribution in [0.4, 0.5) is 17.1 Å². The predicted octanol–water partition coefficient (Wildman–Crippen LogP) is 15.5. The van der Waals surface area contributed by atoms with Crippen molar-refractivity contribution < 1.29 is 0 Å². The number of rotatable bonds is 5. The number of hydrogen-bond donors (Lipinski definition) is 0. The van der Waals surface area contributed by atoms with Crippen LogP contribution in [0.25, 0.3) is 75.1 Å². The van der Waals surface area contributed by atoms with Crippen LogP contribution in [0.2, 0.25) is 0 Å². The summed E-state index contributed by atoms with van der Waals surface area (Å²) in [5.41, 5.74) is 13.6. The molecule has 0 N–H and O–H groups in total. The van der Waals surface area contributed by atoms with Gasteiger partial charge in [0.15, 0.2) is 0 Å². The zero-order chi connectivity index (χ0) is 36.7. The largest absolute Gasteiger partial charge is 0.310 e. The second-order valence-corrected chi connectivity index (χ2v) is 16.5. The van der Waals surface area contributed by atoms with Gasteiger partial charge in [0.2, 0.25) is 0 Å². The molecule has 11 rings (SSSR count). The van der Waals surface area contributed by atoms with Crippen LogP contribution in [0.5, 0.6) is 0 Å². The van der Waals surface area contributed by atoms with Gasteiger partial charge in [0.1, 0.15) is 0 Å². The van der Waals surface area contributed by atoms with Gasteiger partial charge in [-0.2, -0.15) is 0 Å². The molecule has 10 aromatic rings. The molecule has 1 nitrogen and oxygen atoms in total. The van der Waals surface area contributed by atoms with Gasteiger partial charge < -0.3 is 4.90 Å². The molecule has 0 unspecified atom stereocenters. The van der Waals surface area contributed by atoms with Gasteiger partial charge in [-0.15, -0.1) is 11.3 Å². The standard InChI is InChI=1S/C53H37NS/c1-53(2)47-14-7-5-13-45(47)52-48(53)15-9-16-49(52)54(42-26-22-35(23-27-42)38-19-18-34-10-3-4-11-37(34)30-38)43-28-24-36(25-29-43)39-20-21-40-32-46-44-12-6-8-17-50(44)55-51(46)33-41(40)31-39/h3-33H,1-2H3. The maximum absolute atomic E-state index is 2.45. The van der Waals surface area contributed by atoms with E-state index >= 15 is 0 Å². The summed E-state index contributed by atoms with van der Waals surface area (Å²) in [5, 5.41) is 7.75. The summed E-state index contributed by atoms with van der Waals surface area (Å²) in [4.78, 5) is 2.45. The molecule has 1 aliphatic carbocycles. The van der Waals surface area contributed by atoms with Crippen LogP contribution in [0.3, 0.4) is 0 Å². The Balaban J connectivity index is 1.02. The molecule has 0 fully saturated rings. The van der Waals surface area contributed by atoms with Gasteiger partial charge in [-0.1, -0.05) is 141 Å². The fourth-order valence-corrected chi connectivity index (χ4v) is 10.1. The first-order valence-corrected chi connectivity index (χ1v) is 19.9. The van der Waals surface area contributed by atoms with Gasteiger partial charge in [0.25, 0.3) is 0 Å². The molecule has 2 heteroatoms. The maximum atomic E-state index is 2.45. The molecular weight excluding hydrogens is 683 g/mol. The van der Waals surface area contributed by atoms with E-state index in [0.29, 0.717) is 0 Å². The highest BCUT2D eigenvalue weighted by Crippen LogP contribution is 2.54. The minimum absolute atomic E-state index is 0.0884. The summed E-state index contributed by atoms with van der Waals surface area (Å²) in [6.45, 7) is 4.71. The van der Waals surface area contributed by atoms with Crippen LogP contribution in [-0.2, 0) is 5.41 Å². The lowest BCUT2D eigenvalue weighted by molar-refractivity contribution is 0.660. The Morgan fingerprint density at radius 1 is 0.400 bits per heavy atom. The summed E-state index contributed by atoms with van der Waals surface area (Å²) in [5.74, 6) is 0. The Morgan fingerprint density at radius 3 is 1.75 bits per heavy atom. The minimum atomic E-state index is -0.0884. The van der Waals surface area contributed by atoms with E-state index in [9.17, 15) is 0 Å². The van der Waals surface area contributed by atoms with Crippen molar-refractivity contribution in [2.24, 2.45) is 0 Å². The van der Waals surface area contributed by atoms with Crippen LogP contribution in [0.15, 0.2) is 188 Å². The number of nitrogens with zero attached hydrogens (tertiary/aromatic N) is 1. The Morgan fingerprint density at radius 2 is 0.982 bits per heavy atom. The number of thiophene rings is 1. The van der Waals surface area contributed by atoms with Crippen LogP contribution in [0.1, 0.15) is 25.0 Å². The molecule has 0 amide bonds. The van der Waals surface area contributed by atoms with Crippen LogP contribution in [0, 0.1) is 0 Å². The highest BCUT2D eigenvalue weighted by molar-refractivity contribution is 7.25. The lowest BCUT2D eigenvalue weighted by atomic mass is 9.82. The van der Waals surface area contributed by atoms with E-state index in [4.69, 9.17) is 0 Å². The molecule has 0 spiro atoms. The zero-order valence-electron chi connectivity index (χ0n) is 30.8. The third kappa shape index (κ3) is 5.13. The van der Waals surface area contributed by atoms with Crippen molar-refractivity contribution in [1.82, 2.24) is 0 Å². The van der Waals surface area contributed by atoms with Crippen molar-refractivity contribution in [2.75, 3.05) is 4.90 Å². The Bertz CT molecular complexity index is 3110. The molecule has 260 valence electrons. The average molecular weight is 720 g/mol. The Kier molecular flexibility index (Phi) is 7.14. The molecule has 0 bridgehead atoms. The van der Waals surface area contributed by atoms with Crippen LogP contribution in [-0.4, -0.2) is 0 Å². The number of fused-ring (bicyclic) bond motifs is 8. The number of hydrogen-bond acceptors (Lipinski definition) is 2. The second kappa shape index (κ2) is 12.3. The summed E-state index contributed by atoms with van der Waals surface area (Å²) < 4.78 is 2.68. The normalized spacial score (nSPS) is 13.1. The van der Waals surface area contributed by atoms with E-state index < -0.39 is 0 Å². The molecule has 0 saturated heterocycles. The number of benzene rings is 9. The van der Waals surface area contributed by atoms with Crippen molar-refractivity contribution in [3.05, 3.63) is 199 Å². The average Bonchev–Trinajstić information content (AvgIpc) is 3.71. The van der Waals surface area contributed by atoms with Crippen molar-refractivity contribution in [3.8, 4) is 33.4 Å². The van der Waals surface area contributed by atoms with E-state index in [2.05, 4.69) is 207 Å². The van der Waals surface area contributed by atoms with E-state index in [1.165, 1.54) is 91.9 Å². The quantitative estimate of drug-likeness (QED) is 0.171. The predicted molar refractivity (Wildman–Crippen MR) is 237 cm³/mol. The molecule has 0 atom stereocenters. The maximum Gasteiger partial charge on any atom is 0.0543 e. The molecule has 1 aromatic heterocycles. The summed E-state index contributed by atoms with van der Waals surface area (Å²) in [7, 11) is 0.